The molecule has 1 fully saturated rings. The lowest BCUT2D eigenvalue weighted by molar-refractivity contribution is -0.121. The molecular formula is C21H20BrClN4O2. The summed E-state index contributed by atoms with van der Waals surface area (Å²) in [6.07, 6.45) is 1.59. The van der Waals surface area contributed by atoms with Crippen molar-refractivity contribution in [2.45, 2.75) is 19.4 Å². The van der Waals surface area contributed by atoms with E-state index in [1.165, 1.54) is 0 Å². The molecule has 8 heteroatoms. The number of halogens is 2. The van der Waals surface area contributed by atoms with E-state index in [0.29, 0.717) is 23.3 Å². The van der Waals surface area contributed by atoms with Gasteiger partial charge in [0.2, 0.25) is 17.6 Å². The van der Waals surface area contributed by atoms with Gasteiger partial charge in [0.05, 0.1) is 17.3 Å². The SMILES string of the molecule is O=C(Nc1ccccc1Br)C1CCN(Cc2nc(-c3ccccc3Cl)no2)CC1. The molecule has 0 radical (unpaired) electrons. The zero-order valence-electron chi connectivity index (χ0n) is 15.6. The summed E-state index contributed by atoms with van der Waals surface area (Å²) in [5.41, 5.74) is 1.56. The maximum Gasteiger partial charge on any atom is 0.241 e. The molecule has 1 amide bonds. The summed E-state index contributed by atoms with van der Waals surface area (Å²) in [5, 5.41) is 7.65. The third-order valence-corrected chi connectivity index (χ3v) is 6.05. The summed E-state index contributed by atoms with van der Waals surface area (Å²) in [7, 11) is 0. The fraction of sp³-hybridized carbons (Fsp3) is 0.286. The molecule has 29 heavy (non-hydrogen) atoms. The minimum atomic E-state index is -0.000252. The Bertz CT molecular complexity index is 1000. The van der Waals surface area contributed by atoms with Crippen LogP contribution in [-0.4, -0.2) is 34.0 Å². The fourth-order valence-electron chi connectivity index (χ4n) is 3.41. The second-order valence-corrected chi connectivity index (χ2v) is 8.27. The number of benzene rings is 2. The van der Waals surface area contributed by atoms with Gasteiger partial charge in [0.1, 0.15) is 0 Å². The number of nitrogens with one attached hydrogen (secondary N) is 1. The predicted molar refractivity (Wildman–Crippen MR) is 116 cm³/mol. The highest BCUT2D eigenvalue weighted by molar-refractivity contribution is 9.10. The summed E-state index contributed by atoms with van der Waals surface area (Å²) in [6.45, 7) is 2.17. The molecule has 1 N–H and O–H groups in total. The third-order valence-electron chi connectivity index (χ3n) is 5.03. The summed E-state index contributed by atoms with van der Waals surface area (Å²) in [4.78, 5) is 19.3. The van der Waals surface area contributed by atoms with Gasteiger partial charge in [0.25, 0.3) is 0 Å². The smallest absolute Gasteiger partial charge is 0.241 e. The number of aromatic nitrogens is 2. The molecule has 1 aliphatic rings. The number of carbonyl (C=O) groups is 1. The maximum atomic E-state index is 12.6. The number of carbonyl (C=O) groups excluding carboxylic acids is 1. The van der Waals surface area contributed by atoms with E-state index in [2.05, 4.69) is 36.3 Å². The van der Waals surface area contributed by atoms with E-state index in [4.69, 9.17) is 16.1 Å². The predicted octanol–water partition coefficient (Wildman–Crippen LogP) is 5.00. The molecule has 1 saturated heterocycles. The van der Waals surface area contributed by atoms with Gasteiger partial charge in [-0.1, -0.05) is 41.0 Å². The topological polar surface area (TPSA) is 71.3 Å². The van der Waals surface area contributed by atoms with Crippen LogP contribution in [0.4, 0.5) is 5.69 Å². The van der Waals surface area contributed by atoms with Crippen molar-refractivity contribution in [2.75, 3.05) is 18.4 Å². The lowest BCUT2D eigenvalue weighted by atomic mass is 9.96. The number of nitrogens with zero attached hydrogens (tertiary/aromatic N) is 3. The third kappa shape index (κ3) is 4.86. The molecule has 150 valence electrons. The van der Waals surface area contributed by atoms with Crippen LogP contribution in [0.15, 0.2) is 57.5 Å². The van der Waals surface area contributed by atoms with Crippen molar-refractivity contribution in [2.24, 2.45) is 5.92 Å². The molecule has 2 heterocycles. The summed E-state index contributed by atoms with van der Waals surface area (Å²) >= 11 is 9.66. The largest absolute Gasteiger partial charge is 0.338 e. The van der Waals surface area contributed by atoms with Gasteiger partial charge in [0, 0.05) is 16.0 Å². The quantitative estimate of drug-likeness (QED) is 0.562. The van der Waals surface area contributed by atoms with Crippen LogP contribution < -0.4 is 5.32 Å². The first-order valence-electron chi connectivity index (χ1n) is 9.45. The van der Waals surface area contributed by atoms with Crippen LogP contribution in [0.2, 0.25) is 5.02 Å². The van der Waals surface area contributed by atoms with E-state index >= 15 is 0 Å². The van der Waals surface area contributed by atoms with E-state index in [0.717, 1.165) is 41.7 Å². The van der Waals surface area contributed by atoms with Crippen molar-refractivity contribution in [1.82, 2.24) is 15.0 Å². The molecule has 0 bridgehead atoms. The Morgan fingerprint density at radius 1 is 1.17 bits per heavy atom. The van der Waals surface area contributed by atoms with E-state index in [9.17, 15) is 4.79 Å². The van der Waals surface area contributed by atoms with Gasteiger partial charge < -0.3 is 9.84 Å². The average Bonchev–Trinajstić information content (AvgIpc) is 3.19. The number of hydrogen-bond acceptors (Lipinski definition) is 5. The molecule has 4 rings (SSSR count). The van der Waals surface area contributed by atoms with Gasteiger partial charge in [-0.15, -0.1) is 0 Å². The molecule has 3 aromatic rings. The lowest BCUT2D eigenvalue weighted by Crippen LogP contribution is -2.37. The highest BCUT2D eigenvalue weighted by Gasteiger charge is 2.26. The van der Waals surface area contributed by atoms with E-state index < -0.39 is 0 Å². The average molecular weight is 476 g/mol. The van der Waals surface area contributed by atoms with Gasteiger partial charge in [-0.25, -0.2) is 0 Å². The van der Waals surface area contributed by atoms with Gasteiger partial charge in [-0.05, 0) is 66.1 Å². The summed E-state index contributed by atoms with van der Waals surface area (Å²) < 4.78 is 6.28. The molecule has 1 aromatic heterocycles. The zero-order valence-corrected chi connectivity index (χ0v) is 18.0. The Morgan fingerprint density at radius 3 is 2.66 bits per heavy atom. The first-order valence-corrected chi connectivity index (χ1v) is 10.6. The van der Waals surface area contributed by atoms with Crippen molar-refractivity contribution in [3.8, 4) is 11.4 Å². The van der Waals surface area contributed by atoms with Crippen LogP contribution in [0.5, 0.6) is 0 Å². The number of amides is 1. The highest BCUT2D eigenvalue weighted by atomic mass is 79.9. The molecule has 1 aliphatic heterocycles. The standard InChI is InChI=1S/C21H20BrClN4O2/c22-16-6-2-4-8-18(16)24-21(28)14-9-11-27(12-10-14)13-19-25-20(26-29-19)15-5-1-3-7-17(15)23/h1-8,14H,9-13H2,(H,24,28). The van der Waals surface area contributed by atoms with Gasteiger partial charge in [-0.3, -0.25) is 9.69 Å². The van der Waals surface area contributed by atoms with E-state index in [1.807, 2.05) is 42.5 Å². The fourth-order valence-corrected chi connectivity index (χ4v) is 4.02. The van der Waals surface area contributed by atoms with Crippen molar-refractivity contribution in [3.05, 3.63) is 63.9 Å². The van der Waals surface area contributed by atoms with E-state index in [-0.39, 0.29) is 11.8 Å². The molecular weight excluding hydrogens is 456 g/mol. The molecule has 0 unspecified atom stereocenters. The number of piperidine rings is 1. The van der Waals surface area contributed by atoms with E-state index in [1.54, 1.807) is 6.07 Å². The number of rotatable bonds is 5. The molecule has 0 atom stereocenters. The van der Waals surface area contributed by atoms with Crippen molar-refractivity contribution >= 4 is 39.1 Å². The minimum absolute atomic E-state index is 0.000252. The van der Waals surface area contributed by atoms with Gasteiger partial charge in [-0.2, -0.15) is 4.98 Å². The maximum absolute atomic E-state index is 12.6. The molecule has 2 aromatic carbocycles. The minimum Gasteiger partial charge on any atom is -0.338 e. The number of likely N-dealkylation sites (tertiary alicyclic amines) is 1. The Morgan fingerprint density at radius 2 is 1.90 bits per heavy atom. The van der Waals surface area contributed by atoms with Crippen LogP contribution in [0, 0.1) is 5.92 Å². The Kier molecular flexibility index (Phi) is 6.28. The van der Waals surface area contributed by atoms with Crippen LogP contribution >= 0.6 is 27.5 Å². The van der Waals surface area contributed by atoms with Crippen LogP contribution in [0.25, 0.3) is 11.4 Å². The first-order chi connectivity index (χ1) is 14.1. The molecule has 0 spiro atoms. The molecule has 6 nitrogen and oxygen atoms in total. The van der Waals surface area contributed by atoms with Gasteiger partial charge in [0.15, 0.2) is 0 Å². The normalized spacial score (nSPS) is 15.4. The van der Waals surface area contributed by atoms with Crippen LogP contribution in [-0.2, 0) is 11.3 Å². The Balaban J connectivity index is 1.31. The van der Waals surface area contributed by atoms with Crippen molar-refractivity contribution in [3.63, 3.8) is 0 Å². The Hall–Kier alpha value is -2.22. The number of para-hydroxylation sites is 1. The second kappa shape index (κ2) is 9.07. The van der Waals surface area contributed by atoms with Crippen molar-refractivity contribution < 1.29 is 9.32 Å². The lowest BCUT2D eigenvalue weighted by Gasteiger charge is -2.30. The van der Waals surface area contributed by atoms with Crippen LogP contribution in [0.1, 0.15) is 18.7 Å². The van der Waals surface area contributed by atoms with Gasteiger partial charge >= 0.3 is 0 Å². The van der Waals surface area contributed by atoms with Crippen LogP contribution in [0.3, 0.4) is 0 Å². The molecule has 0 aliphatic carbocycles. The molecule has 0 saturated carbocycles. The van der Waals surface area contributed by atoms with Crippen molar-refractivity contribution in [1.29, 1.82) is 0 Å². The zero-order chi connectivity index (χ0) is 20.2. The number of anilines is 1. The highest BCUT2D eigenvalue weighted by Crippen LogP contribution is 2.27. The Labute approximate surface area is 182 Å². The summed E-state index contributed by atoms with van der Waals surface area (Å²) in [5.74, 6) is 1.11. The monoisotopic (exact) mass is 474 g/mol. The first kappa shape index (κ1) is 20.1. The number of hydrogen-bond donors (Lipinski definition) is 1. The summed E-state index contributed by atoms with van der Waals surface area (Å²) in [6, 6.07) is 15.1. The second-order valence-electron chi connectivity index (χ2n) is 7.01.